The van der Waals surface area contributed by atoms with E-state index in [1.165, 1.54) is 0 Å². The van der Waals surface area contributed by atoms with E-state index < -0.39 is 11.9 Å². The van der Waals surface area contributed by atoms with E-state index in [-0.39, 0.29) is 6.54 Å². The molecule has 0 bridgehead atoms. The predicted octanol–water partition coefficient (Wildman–Crippen LogP) is 2.59. The van der Waals surface area contributed by atoms with Gasteiger partial charge in [0.1, 0.15) is 0 Å². The number of nitrogens with two attached hydrogens (primary N) is 1. The van der Waals surface area contributed by atoms with E-state index in [0.717, 1.165) is 5.56 Å². The first-order valence-electron chi connectivity index (χ1n) is 5.19. The zero-order chi connectivity index (χ0) is 12.3. The van der Waals surface area contributed by atoms with Crippen molar-refractivity contribution in [2.75, 3.05) is 6.54 Å². The maximum Gasteiger partial charge on any atom is 0.312 e. The third-order valence-corrected chi connectivity index (χ3v) is 2.91. The van der Waals surface area contributed by atoms with Gasteiger partial charge in [0.05, 0.1) is 5.92 Å². The van der Waals surface area contributed by atoms with Gasteiger partial charge in [-0.3, -0.25) is 4.79 Å². The number of carboxylic acids is 1. The Labute approximate surface area is 100 Å². The highest BCUT2D eigenvalue weighted by molar-refractivity contribution is 6.31. The molecule has 4 heteroatoms. The number of carbonyl (C=O) groups is 1. The van der Waals surface area contributed by atoms with Gasteiger partial charge in [-0.1, -0.05) is 37.6 Å². The average Bonchev–Trinajstić information content (AvgIpc) is 2.17. The molecule has 0 saturated carbocycles. The molecule has 3 N–H and O–H groups in total. The van der Waals surface area contributed by atoms with Crippen LogP contribution in [0.25, 0.3) is 0 Å². The molecular formula is C12H16ClNO2. The summed E-state index contributed by atoms with van der Waals surface area (Å²) in [6.07, 6.45) is 0. The Morgan fingerprint density at radius 1 is 1.50 bits per heavy atom. The van der Waals surface area contributed by atoms with Crippen LogP contribution in [0.4, 0.5) is 0 Å². The molecule has 1 aromatic rings. The van der Waals surface area contributed by atoms with Gasteiger partial charge in [-0.25, -0.2) is 0 Å². The van der Waals surface area contributed by atoms with Crippen molar-refractivity contribution >= 4 is 17.6 Å². The van der Waals surface area contributed by atoms with Gasteiger partial charge in [-0.05, 0) is 23.1 Å². The lowest BCUT2D eigenvalue weighted by molar-refractivity contribution is -0.138. The summed E-state index contributed by atoms with van der Waals surface area (Å²) in [7, 11) is 0. The monoisotopic (exact) mass is 241 g/mol. The van der Waals surface area contributed by atoms with Crippen molar-refractivity contribution < 1.29 is 9.90 Å². The first kappa shape index (κ1) is 13.0. The molecule has 0 aromatic heterocycles. The number of hydrogen-bond donors (Lipinski definition) is 2. The van der Waals surface area contributed by atoms with E-state index in [1.54, 1.807) is 12.1 Å². The lowest BCUT2D eigenvalue weighted by Crippen LogP contribution is -2.21. The van der Waals surface area contributed by atoms with E-state index >= 15 is 0 Å². The average molecular weight is 242 g/mol. The highest BCUT2D eigenvalue weighted by atomic mass is 35.5. The first-order valence-corrected chi connectivity index (χ1v) is 5.57. The van der Waals surface area contributed by atoms with Crippen molar-refractivity contribution in [1.82, 2.24) is 0 Å². The topological polar surface area (TPSA) is 63.3 Å². The highest BCUT2D eigenvalue weighted by Crippen LogP contribution is 2.27. The van der Waals surface area contributed by atoms with Crippen molar-refractivity contribution in [3.05, 3.63) is 34.3 Å². The quantitative estimate of drug-likeness (QED) is 0.852. The number of halogens is 1. The van der Waals surface area contributed by atoms with E-state index in [0.29, 0.717) is 16.5 Å². The molecule has 0 heterocycles. The second-order valence-corrected chi connectivity index (χ2v) is 4.47. The molecule has 1 unspecified atom stereocenters. The zero-order valence-electron chi connectivity index (χ0n) is 9.40. The minimum Gasteiger partial charge on any atom is -0.481 e. The summed E-state index contributed by atoms with van der Waals surface area (Å²) >= 11 is 6.10. The van der Waals surface area contributed by atoms with Crippen LogP contribution in [0, 0.1) is 0 Å². The molecule has 3 nitrogen and oxygen atoms in total. The number of benzene rings is 1. The number of rotatable bonds is 4. The Morgan fingerprint density at radius 2 is 2.12 bits per heavy atom. The third kappa shape index (κ3) is 2.74. The van der Waals surface area contributed by atoms with E-state index in [1.807, 2.05) is 19.9 Å². The lowest BCUT2D eigenvalue weighted by Gasteiger charge is -2.13. The zero-order valence-corrected chi connectivity index (χ0v) is 10.2. The van der Waals surface area contributed by atoms with Crippen molar-refractivity contribution in [2.45, 2.75) is 25.7 Å². The Bertz CT molecular complexity index is 391. The fourth-order valence-electron chi connectivity index (χ4n) is 1.61. The van der Waals surface area contributed by atoms with Crippen LogP contribution in [0.3, 0.4) is 0 Å². The standard InChI is InChI=1S/C12H16ClNO2/c1-7(2)9-4-3-8(5-11(9)13)10(6-14)12(15)16/h3-5,7,10H,6,14H2,1-2H3,(H,15,16). The van der Waals surface area contributed by atoms with Crippen LogP contribution in [-0.2, 0) is 4.79 Å². The molecule has 88 valence electrons. The van der Waals surface area contributed by atoms with Gasteiger partial charge in [0.25, 0.3) is 0 Å². The molecule has 1 atom stereocenters. The van der Waals surface area contributed by atoms with Gasteiger partial charge in [-0.2, -0.15) is 0 Å². The fraction of sp³-hybridized carbons (Fsp3) is 0.417. The van der Waals surface area contributed by atoms with Crippen LogP contribution in [0.5, 0.6) is 0 Å². The Hall–Kier alpha value is -1.06. The molecule has 0 aliphatic rings. The third-order valence-electron chi connectivity index (χ3n) is 2.58. The molecular weight excluding hydrogens is 226 g/mol. The molecule has 0 aliphatic carbocycles. The number of hydrogen-bond acceptors (Lipinski definition) is 2. The molecule has 0 fully saturated rings. The summed E-state index contributed by atoms with van der Waals surface area (Å²) in [5.41, 5.74) is 7.11. The maximum atomic E-state index is 10.9. The lowest BCUT2D eigenvalue weighted by atomic mass is 9.95. The van der Waals surface area contributed by atoms with Gasteiger partial charge in [0.15, 0.2) is 0 Å². The van der Waals surface area contributed by atoms with Crippen molar-refractivity contribution in [3.8, 4) is 0 Å². The largest absolute Gasteiger partial charge is 0.481 e. The van der Waals surface area contributed by atoms with Crippen LogP contribution in [0.2, 0.25) is 5.02 Å². The van der Waals surface area contributed by atoms with Gasteiger partial charge in [0, 0.05) is 11.6 Å². The molecule has 0 amide bonds. The summed E-state index contributed by atoms with van der Waals surface area (Å²) in [6, 6.07) is 5.35. The molecule has 1 rings (SSSR count). The Morgan fingerprint density at radius 3 is 2.50 bits per heavy atom. The molecule has 0 spiro atoms. The van der Waals surface area contributed by atoms with Gasteiger partial charge in [0.2, 0.25) is 0 Å². The maximum absolute atomic E-state index is 10.9. The summed E-state index contributed by atoms with van der Waals surface area (Å²) < 4.78 is 0. The van der Waals surface area contributed by atoms with Gasteiger partial charge in [-0.15, -0.1) is 0 Å². The van der Waals surface area contributed by atoms with Crippen molar-refractivity contribution in [3.63, 3.8) is 0 Å². The first-order chi connectivity index (χ1) is 7.47. The van der Waals surface area contributed by atoms with Crippen LogP contribution in [-0.4, -0.2) is 17.6 Å². The summed E-state index contributed by atoms with van der Waals surface area (Å²) in [5, 5.41) is 9.58. The molecule has 1 aromatic carbocycles. The SMILES string of the molecule is CC(C)c1ccc(C(CN)C(=O)O)cc1Cl. The number of aliphatic carboxylic acids is 1. The summed E-state index contributed by atoms with van der Waals surface area (Å²) in [6.45, 7) is 4.16. The van der Waals surface area contributed by atoms with Crippen LogP contribution >= 0.6 is 11.6 Å². The highest BCUT2D eigenvalue weighted by Gasteiger charge is 2.19. The minimum atomic E-state index is -0.920. The summed E-state index contributed by atoms with van der Waals surface area (Å²) in [4.78, 5) is 10.9. The van der Waals surface area contributed by atoms with Crippen LogP contribution in [0.15, 0.2) is 18.2 Å². The Kier molecular flexibility index (Phi) is 4.33. The smallest absolute Gasteiger partial charge is 0.312 e. The van der Waals surface area contributed by atoms with Crippen molar-refractivity contribution in [2.24, 2.45) is 5.73 Å². The second kappa shape index (κ2) is 5.32. The molecule has 0 aliphatic heterocycles. The van der Waals surface area contributed by atoms with E-state index in [4.69, 9.17) is 22.4 Å². The van der Waals surface area contributed by atoms with Gasteiger partial charge >= 0.3 is 5.97 Å². The summed E-state index contributed by atoms with van der Waals surface area (Å²) in [5.74, 6) is -1.28. The minimum absolute atomic E-state index is 0.0761. The second-order valence-electron chi connectivity index (χ2n) is 4.06. The van der Waals surface area contributed by atoms with Crippen molar-refractivity contribution in [1.29, 1.82) is 0 Å². The molecule has 0 radical (unpaired) electrons. The molecule has 0 saturated heterocycles. The van der Waals surface area contributed by atoms with Crippen LogP contribution < -0.4 is 5.73 Å². The normalized spacial score (nSPS) is 12.8. The Balaban J connectivity index is 3.09. The molecule has 16 heavy (non-hydrogen) atoms. The number of carboxylic acid groups (broad SMARTS) is 1. The van der Waals surface area contributed by atoms with E-state index in [9.17, 15) is 4.79 Å². The van der Waals surface area contributed by atoms with Crippen LogP contribution in [0.1, 0.15) is 36.8 Å². The van der Waals surface area contributed by atoms with E-state index in [2.05, 4.69) is 0 Å². The van der Waals surface area contributed by atoms with Gasteiger partial charge < -0.3 is 10.8 Å². The fourth-order valence-corrected chi connectivity index (χ4v) is 2.02. The predicted molar refractivity (Wildman–Crippen MR) is 65.0 cm³/mol.